The molecule has 2 nitrogen and oxygen atoms in total. The molecule has 0 heterocycles. The van der Waals surface area contributed by atoms with Gasteiger partial charge in [-0.15, -0.1) is 0 Å². The third-order valence-electron chi connectivity index (χ3n) is 2.72. The van der Waals surface area contributed by atoms with Crippen LogP contribution in [0.3, 0.4) is 0 Å². The first-order valence-corrected chi connectivity index (χ1v) is 5.47. The third-order valence-corrected chi connectivity index (χ3v) is 2.72. The van der Waals surface area contributed by atoms with Gasteiger partial charge >= 0.3 is 6.18 Å². The van der Waals surface area contributed by atoms with E-state index in [1.807, 2.05) is 0 Å². The summed E-state index contributed by atoms with van der Waals surface area (Å²) < 4.78 is 43.6. The summed E-state index contributed by atoms with van der Waals surface area (Å²) in [6.45, 7) is 0. The van der Waals surface area contributed by atoms with Crippen molar-refractivity contribution in [2.24, 2.45) is 0 Å². The summed E-state index contributed by atoms with van der Waals surface area (Å²) in [4.78, 5) is 0. The highest BCUT2D eigenvalue weighted by Gasteiger charge is 2.33. The average Bonchev–Trinajstić information content (AvgIpc) is 2.38. The maximum absolute atomic E-state index is 12.9. The second kappa shape index (κ2) is 4.84. The maximum atomic E-state index is 12.9. The van der Waals surface area contributed by atoms with Crippen LogP contribution in [0.15, 0.2) is 42.5 Å². The molecule has 0 saturated heterocycles. The lowest BCUT2D eigenvalue weighted by Crippen LogP contribution is -2.06. The molecule has 0 saturated carbocycles. The van der Waals surface area contributed by atoms with Crippen molar-refractivity contribution in [1.29, 1.82) is 0 Å². The molecule has 2 aromatic rings. The molecule has 0 atom stereocenters. The number of benzene rings is 2. The fourth-order valence-corrected chi connectivity index (χ4v) is 1.83. The summed E-state index contributed by atoms with van der Waals surface area (Å²) in [5.41, 5.74) is -0.335. The zero-order valence-corrected chi connectivity index (χ0v) is 10.0. The smallest absolute Gasteiger partial charge is 0.417 e. The van der Waals surface area contributed by atoms with Crippen LogP contribution < -0.4 is 4.74 Å². The number of phenolic OH excluding ortho intramolecular Hbond substituents is 1. The second-order valence-corrected chi connectivity index (χ2v) is 3.93. The second-order valence-electron chi connectivity index (χ2n) is 3.93. The molecule has 0 aliphatic carbocycles. The van der Waals surface area contributed by atoms with Crippen LogP contribution in [-0.4, -0.2) is 12.2 Å². The molecule has 19 heavy (non-hydrogen) atoms. The van der Waals surface area contributed by atoms with Crippen molar-refractivity contribution in [3.8, 4) is 22.6 Å². The van der Waals surface area contributed by atoms with Crippen molar-refractivity contribution in [2.75, 3.05) is 7.11 Å². The summed E-state index contributed by atoms with van der Waals surface area (Å²) in [7, 11) is 1.34. The number of halogens is 3. The van der Waals surface area contributed by atoms with Crippen molar-refractivity contribution >= 4 is 0 Å². The Balaban J connectivity index is 2.59. The number of hydrogen-bond acceptors (Lipinski definition) is 2. The van der Waals surface area contributed by atoms with Gasteiger partial charge in [0.1, 0.15) is 0 Å². The van der Waals surface area contributed by atoms with Crippen molar-refractivity contribution in [3.05, 3.63) is 48.0 Å². The molecule has 0 amide bonds. The van der Waals surface area contributed by atoms with Gasteiger partial charge in [0.05, 0.1) is 12.7 Å². The Kier molecular flexibility index (Phi) is 3.38. The number of hydrogen-bond donors (Lipinski definition) is 1. The van der Waals surface area contributed by atoms with Crippen LogP contribution in [0, 0.1) is 0 Å². The molecule has 2 aromatic carbocycles. The van der Waals surface area contributed by atoms with Crippen molar-refractivity contribution in [2.45, 2.75) is 6.18 Å². The SMILES string of the molecule is COc1cc(-c2ccccc2C(F)(F)F)ccc1O. The summed E-state index contributed by atoms with van der Waals surface area (Å²) in [5.74, 6) is 0.0187. The first-order valence-electron chi connectivity index (χ1n) is 5.47. The lowest BCUT2D eigenvalue weighted by molar-refractivity contribution is -0.137. The van der Waals surface area contributed by atoms with Gasteiger partial charge in [0.15, 0.2) is 11.5 Å². The van der Waals surface area contributed by atoms with E-state index in [4.69, 9.17) is 4.74 Å². The highest BCUT2D eigenvalue weighted by Crippen LogP contribution is 2.39. The van der Waals surface area contributed by atoms with Crippen LogP contribution in [0.25, 0.3) is 11.1 Å². The summed E-state index contributed by atoms with van der Waals surface area (Å²) in [5, 5.41) is 9.46. The molecule has 0 fully saturated rings. The average molecular weight is 268 g/mol. The first-order chi connectivity index (χ1) is 8.93. The molecule has 0 aliphatic heterocycles. The summed E-state index contributed by atoms with van der Waals surface area (Å²) in [6.07, 6.45) is -4.43. The van der Waals surface area contributed by atoms with Crippen molar-refractivity contribution in [3.63, 3.8) is 0 Å². The van der Waals surface area contributed by atoms with E-state index in [1.165, 1.54) is 43.5 Å². The van der Waals surface area contributed by atoms with Gasteiger partial charge in [-0.05, 0) is 29.3 Å². The zero-order valence-electron chi connectivity index (χ0n) is 10.0. The number of ether oxygens (including phenoxy) is 1. The van der Waals surface area contributed by atoms with Gasteiger partial charge in [-0.2, -0.15) is 13.2 Å². The highest BCUT2D eigenvalue weighted by molar-refractivity contribution is 5.70. The molecule has 2 rings (SSSR count). The monoisotopic (exact) mass is 268 g/mol. The number of aromatic hydroxyl groups is 1. The number of alkyl halides is 3. The molecule has 0 aromatic heterocycles. The van der Waals surface area contributed by atoms with Gasteiger partial charge in [-0.25, -0.2) is 0 Å². The highest BCUT2D eigenvalue weighted by atomic mass is 19.4. The fraction of sp³-hybridized carbons (Fsp3) is 0.143. The Morgan fingerprint density at radius 2 is 1.74 bits per heavy atom. The molecule has 0 radical (unpaired) electrons. The normalized spacial score (nSPS) is 11.4. The predicted octanol–water partition coefficient (Wildman–Crippen LogP) is 4.09. The van der Waals surface area contributed by atoms with Crippen molar-refractivity contribution in [1.82, 2.24) is 0 Å². The predicted molar refractivity (Wildman–Crippen MR) is 65.1 cm³/mol. The fourth-order valence-electron chi connectivity index (χ4n) is 1.83. The Bertz CT molecular complexity index is 591. The largest absolute Gasteiger partial charge is 0.504 e. The van der Waals surface area contributed by atoms with E-state index in [1.54, 1.807) is 0 Å². The number of methoxy groups -OCH3 is 1. The van der Waals surface area contributed by atoms with Crippen LogP contribution in [0.5, 0.6) is 11.5 Å². The first kappa shape index (κ1) is 13.3. The van der Waals surface area contributed by atoms with E-state index in [-0.39, 0.29) is 17.1 Å². The minimum Gasteiger partial charge on any atom is -0.504 e. The molecule has 100 valence electrons. The third kappa shape index (κ3) is 2.65. The topological polar surface area (TPSA) is 29.5 Å². The van der Waals surface area contributed by atoms with E-state index < -0.39 is 11.7 Å². The standard InChI is InChI=1S/C14H11F3O2/c1-19-13-8-9(6-7-12(13)18)10-4-2-3-5-11(10)14(15,16)17/h2-8,18H,1H3. The van der Waals surface area contributed by atoms with E-state index in [9.17, 15) is 18.3 Å². The summed E-state index contributed by atoms with van der Waals surface area (Å²) in [6, 6.07) is 9.38. The summed E-state index contributed by atoms with van der Waals surface area (Å²) >= 11 is 0. The molecule has 0 spiro atoms. The lowest BCUT2D eigenvalue weighted by atomic mass is 9.99. The quantitative estimate of drug-likeness (QED) is 0.889. The van der Waals surface area contributed by atoms with Crippen LogP contribution in [0.2, 0.25) is 0 Å². The van der Waals surface area contributed by atoms with Gasteiger partial charge in [0, 0.05) is 0 Å². The molecule has 0 aliphatic rings. The van der Waals surface area contributed by atoms with Gasteiger partial charge < -0.3 is 9.84 Å². The molecule has 5 heteroatoms. The minimum absolute atomic E-state index is 0.0494. The van der Waals surface area contributed by atoms with E-state index >= 15 is 0 Å². The van der Waals surface area contributed by atoms with E-state index in [0.29, 0.717) is 5.56 Å². The number of phenols is 1. The zero-order chi connectivity index (χ0) is 14.0. The number of rotatable bonds is 2. The minimum atomic E-state index is -4.43. The van der Waals surface area contributed by atoms with E-state index in [0.717, 1.165) is 6.07 Å². The van der Waals surface area contributed by atoms with Gasteiger partial charge in [-0.3, -0.25) is 0 Å². The van der Waals surface area contributed by atoms with Crippen LogP contribution in [0.1, 0.15) is 5.56 Å². The Hall–Kier alpha value is -2.17. The van der Waals surface area contributed by atoms with Crippen LogP contribution >= 0.6 is 0 Å². The van der Waals surface area contributed by atoms with Crippen LogP contribution in [0.4, 0.5) is 13.2 Å². The molecule has 0 unspecified atom stereocenters. The van der Waals surface area contributed by atoms with E-state index in [2.05, 4.69) is 0 Å². The lowest BCUT2D eigenvalue weighted by Gasteiger charge is -2.13. The Morgan fingerprint density at radius 1 is 1.05 bits per heavy atom. The molecule has 1 N–H and O–H groups in total. The Labute approximate surface area is 108 Å². The molecular weight excluding hydrogens is 257 g/mol. The maximum Gasteiger partial charge on any atom is 0.417 e. The molecular formula is C14H11F3O2. The van der Waals surface area contributed by atoms with Gasteiger partial charge in [-0.1, -0.05) is 24.3 Å². The van der Waals surface area contributed by atoms with Crippen molar-refractivity contribution < 1.29 is 23.0 Å². The van der Waals surface area contributed by atoms with Crippen LogP contribution in [-0.2, 0) is 6.18 Å². The molecule has 0 bridgehead atoms. The van der Waals surface area contributed by atoms with Gasteiger partial charge in [0.2, 0.25) is 0 Å². The van der Waals surface area contributed by atoms with Gasteiger partial charge in [0.25, 0.3) is 0 Å². The Morgan fingerprint density at radius 3 is 2.37 bits per heavy atom.